The van der Waals surface area contributed by atoms with Gasteiger partial charge >= 0.3 is 0 Å². The van der Waals surface area contributed by atoms with E-state index in [1.54, 1.807) is 11.0 Å². The molecule has 3 heterocycles. The lowest BCUT2D eigenvalue weighted by Gasteiger charge is -2.46. The maximum absolute atomic E-state index is 15.1. The second-order valence-corrected chi connectivity index (χ2v) is 13.2. The zero-order valence-corrected chi connectivity index (χ0v) is 26.1. The lowest BCUT2D eigenvalue weighted by Crippen LogP contribution is -2.60. The highest BCUT2D eigenvalue weighted by Gasteiger charge is 2.38. The van der Waals surface area contributed by atoms with Gasteiger partial charge in [0.25, 0.3) is 5.91 Å². The highest BCUT2D eigenvalue weighted by molar-refractivity contribution is 5.96. The normalized spacial score (nSPS) is 18.2. The van der Waals surface area contributed by atoms with Crippen molar-refractivity contribution in [2.75, 3.05) is 16.8 Å². The van der Waals surface area contributed by atoms with E-state index in [0.717, 1.165) is 30.4 Å². The molecule has 0 bridgehead atoms. The van der Waals surface area contributed by atoms with Gasteiger partial charge in [-0.1, -0.05) is 31.2 Å². The maximum Gasteiger partial charge on any atom is 0.251 e. The number of aryl methyl sites for hydroxylation is 1. The molecule has 2 aliphatic rings. The van der Waals surface area contributed by atoms with E-state index in [4.69, 9.17) is 9.97 Å². The number of fused-ring (bicyclic) bond motifs is 1. The first kappa shape index (κ1) is 30.6. The predicted molar refractivity (Wildman–Crippen MR) is 170 cm³/mol. The fourth-order valence-corrected chi connectivity index (χ4v) is 6.43. The molecule has 0 saturated carbocycles. The zero-order chi connectivity index (χ0) is 31.1. The van der Waals surface area contributed by atoms with Gasteiger partial charge < -0.3 is 20.9 Å². The topological polar surface area (TPSA) is 82.2 Å². The largest absolute Gasteiger partial charge is 0.351 e. The highest BCUT2D eigenvalue weighted by atomic mass is 19.1. The van der Waals surface area contributed by atoms with Crippen molar-refractivity contribution in [3.63, 3.8) is 0 Å². The van der Waals surface area contributed by atoms with Crippen molar-refractivity contribution in [2.45, 2.75) is 90.9 Å². The summed E-state index contributed by atoms with van der Waals surface area (Å²) in [7, 11) is 0. The first-order valence-corrected chi connectivity index (χ1v) is 15.0. The molecule has 0 radical (unpaired) electrons. The standard InChI is InChI=1S/C34H42F2N6O/c1-8-21(3)37-31(43)22-15-14-20(2)25(17-22)28-24-11-10-16-42(29-26(35)12-9-13-27(29)36)30(24)40-32(39-28)38-23-18-33(4,5)41-34(6,7)19-23/h9-15,17,21,23,41H,8,16,18-19H2,1-7H3,(H,37,43)(H,38,39,40). The van der Waals surface area contributed by atoms with Gasteiger partial charge in [-0.05, 0) is 90.6 Å². The molecule has 2 aliphatic heterocycles. The lowest BCUT2D eigenvalue weighted by atomic mass is 9.80. The van der Waals surface area contributed by atoms with E-state index >= 15 is 8.78 Å². The molecule has 228 valence electrons. The van der Waals surface area contributed by atoms with Crippen molar-refractivity contribution >= 4 is 29.4 Å². The fourth-order valence-electron chi connectivity index (χ4n) is 6.43. The van der Waals surface area contributed by atoms with Gasteiger partial charge in [0.1, 0.15) is 23.1 Å². The summed E-state index contributed by atoms with van der Waals surface area (Å²) < 4.78 is 30.2. The number of carbonyl (C=O) groups is 1. The van der Waals surface area contributed by atoms with Crippen LogP contribution in [-0.4, -0.2) is 45.6 Å². The molecule has 1 fully saturated rings. The van der Waals surface area contributed by atoms with E-state index in [1.165, 1.54) is 18.2 Å². The number of benzene rings is 2. The molecule has 1 atom stereocenters. The van der Waals surface area contributed by atoms with Crippen LogP contribution in [0.2, 0.25) is 0 Å². The number of nitrogens with zero attached hydrogens (tertiary/aromatic N) is 3. The molecule has 2 aromatic carbocycles. The molecular formula is C34H42F2N6O. The number of amides is 1. The number of para-hydroxylation sites is 1. The number of aromatic nitrogens is 2. The van der Waals surface area contributed by atoms with Gasteiger partial charge in [-0.2, -0.15) is 4.98 Å². The first-order chi connectivity index (χ1) is 20.3. The second kappa shape index (κ2) is 11.7. The Hall–Kier alpha value is -3.85. The van der Waals surface area contributed by atoms with E-state index in [-0.39, 0.29) is 41.3 Å². The minimum atomic E-state index is -0.669. The van der Waals surface area contributed by atoms with Gasteiger partial charge in [0, 0.05) is 46.4 Å². The smallest absolute Gasteiger partial charge is 0.251 e. The van der Waals surface area contributed by atoms with Crippen molar-refractivity contribution in [1.82, 2.24) is 20.6 Å². The summed E-state index contributed by atoms with van der Waals surface area (Å²) >= 11 is 0. The van der Waals surface area contributed by atoms with E-state index in [0.29, 0.717) is 28.6 Å². The summed E-state index contributed by atoms with van der Waals surface area (Å²) in [6.07, 6.45) is 6.23. The average molecular weight is 589 g/mol. The summed E-state index contributed by atoms with van der Waals surface area (Å²) in [5.41, 5.74) is 3.02. The number of hydrogen-bond acceptors (Lipinski definition) is 6. The minimum absolute atomic E-state index is 0.0329. The predicted octanol–water partition coefficient (Wildman–Crippen LogP) is 7.14. The van der Waals surface area contributed by atoms with Crippen LogP contribution < -0.4 is 20.9 Å². The fraction of sp³-hybridized carbons (Fsp3) is 0.441. The second-order valence-electron chi connectivity index (χ2n) is 13.2. The molecule has 0 spiro atoms. The highest BCUT2D eigenvalue weighted by Crippen LogP contribution is 2.40. The molecule has 3 N–H and O–H groups in total. The van der Waals surface area contributed by atoms with Crippen molar-refractivity contribution < 1.29 is 13.6 Å². The zero-order valence-electron chi connectivity index (χ0n) is 26.1. The SMILES string of the molecule is CCC(C)NC(=O)c1ccc(C)c(-c2nc(NC3CC(C)(C)NC(C)(C)C3)nc3c2C=CCN3c2c(F)cccc2F)c1. The average Bonchev–Trinajstić information content (AvgIpc) is 2.91. The van der Waals surface area contributed by atoms with E-state index in [9.17, 15) is 4.79 Å². The Labute approximate surface area is 253 Å². The summed E-state index contributed by atoms with van der Waals surface area (Å²) in [6.45, 7) is 14.9. The molecule has 5 rings (SSSR count). The van der Waals surface area contributed by atoms with Gasteiger partial charge in [-0.15, -0.1) is 0 Å². The summed E-state index contributed by atoms with van der Waals surface area (Å²) in [5.74, 6) is -0.726. The van der Waals surface area contributed by atoms with Crippen LogP contribution in [0.15, 0.2) is 42.5 Å². The Morgan fingerprint density at radius 3 is 2.42 bits per heavy atom. The quantitative estimate of drug-likeness (QED) is 0.272. The number of piperidine rings is 1. The molecule has 1 saturated heterocycles. The first-order valence-electron chi connectivity index (χ1n) is 15.0. The monoisotopic (exact) mass is 588 g/mol. The van der Waals surface area contributed by atoms with Gasteiger partial charge in [0.05, 0.1) is 5.69 Å². The number of carbonyl (C=O) groups excluding carboxylic acids is 1. The maximum atomic E-state index is 15.1. The Morgan fingerprint density at radius 2 is 1.77 bits per heavy atom. The van der Waals surface area contributed by atoms with Crippen LogP contribution in [0.3, 0.4) is 0 Å². The third-order valence-electron chi connectivity index (χ3n) is 8.23. The number of halogens is 2. The lowest BCUT2D eigenvalue weighted by molar-refractivity contribution is 0.0939. The summed E-state index contributed by atoms with van der Waals surface area (Å²) in [6, 6.07) is 9.50. The Bertz CT molecular complexity index is 1530. The van der Waals surface area contributed by atoms with Gasteiger partial charge in [0.15, 0.2) is 0 Å². The van der Waals surface area contributed by atoms with Gasteiger partial charge in [-0.25, -0.2) is 13.8 Å². The Balaban J connectivity index is 1.66. The molecule has 1 unspecified atom stereocenters. The van der Waals surface area contributed by atoms with Gasteiger partial charge in [0.2, 0.25) is 5.95 Å². The van der Waals surface area contributed by atoms with Crippen LogP contribution >= 0.6 is 0 Å². The number of hydrogen-bond donors (Lipinski definition) is 3. The van der Waals surface area contributed by atoms with E-state index < -0.39 is 11.6 Å². The van der Waals surface area contributed by atoms with Crippen molar-refractivity contribution in [3.8, 4) is 11.3 Å². The summed E-state index contributed by atoms with van der Waals surface area (Å²) in [5, 5.41) is 10.3. The van der Waals surface area contributed by atoms with Crippen LogP contribution in [0, 0.1) is 18.6 Å². The van der Waals surface area contributed by atoms with Crippen molar-refractivity contribution in [3.05, 3.63) is 70.8 Å². The Kier molecular flexibility index (Phi) is 8.31. The van der Waals surface area contributed by atoms with E-state index in [2.05, 4.69) is 43.6 Å². The van der Waals surface area contributed by atoms with Crippen LogP contribution in [0.4, 0.5) is 26.2 Å². The van der Waals surface area contributed by atoms with Gasteiger partial charge in [-0.3, -0.25) is 4.79 Å². The van der Waals surface area contributed by atoms with Crippen LogP contribution in [0.5, 0.6) is 0 Å². The van der Waals surface area contributed by atoms with Crippen LogP contribution in [0.25, 0.3) is 17.3 Å². The molecule has 43 heavy (non-hydrogen) atoms. The number of rotatable bonds is 7. The minimum Gasteiger partial charge on any atom is -0.351 e. The molecular weight excluding hydrogens is 546 g/mol. The van der Waals surface area contributed by atoms with Crippen molar-refractivity contribution in [1.29, 1.82) is 0 Å². The van der Waals surface area contributed by atoms with Crippen LogP contribution in [0.1, 0.15) is 82.3 Å². The molecule has 9 heteroatoms. The molecule has 0 aliphatic carbocycles. The third kappa shape index (κ3) is 6.56. The molecule has 1 aromatic heterocycles. The summed E-state index contributed by atoms with van der Waals surface area (Å²) in [4.78, 5) is 24.6. The van der Waals surface area contributed by atoms with E-state index in [1.807, 2.05) is 45.1 Å². The molecule has 3 aromatic rings. The molecule has 7 nitrogen and oxygen atoms in total. The number of anilines is 3. The molecule has 1 amide bonds. The Morgan fingerprint density at radius 1 is 1.09 bits per heavy atom. The van der Waals surface area contributed by atoms with Crippen molar-refractivity contribution in [2.24, 2.45) is 0 Å². The third-order valence-corrected chi connectivity index (χ3v) is 8.23. The number of nitrogens with one attached hydrogen (secondary N) is 3. The van der Waals surface area contributed by atoms with Crippen LogP contribution in [-0.2, 0) is 0 Å².